The second-order valence-electron chi connectivity index (χ2n) is 6.24. The lowest BCUT2D eigenvalue weighted by Gasteiger charge is -2.30. The maximum atomic E-state index is 12.2. The van der Waals surface area contributed by atoms with Gasteiger partial charge in [0.05, 0.1) is 0 Å². The first-order valence-electron chi connectivity index (χ1n) is 6.54. The summed E-state index contributed by atoms with van der Waals surface area (Å²) in [6.45, 7) is 5.38. The average Bonchev–Trinajstić information content (AvgIpc) is 2.70. The van der Waals surface area contributed by atoms with Gasteiger partial charge < -0.3 is 9.84 Å². The summed E-state index contributed by atoms with van der Waals surface area (Å²) < 4.78 is 5.33. The summed E-state index contributed by atoms with van der Waals surface area (Å²) >= 11 is 0. The van der Waals surface area contributed by atoms with Crippen LogP contribution in [0.15, 0.2) is 0 Å². The van der Waals surface area contributed by atoms with E-state index in [4.69, 9.17) is 4.74 Å². The summed E-state index contributed by atoms with van der Waals surface area (Å²) in [7, 11) is 0. The van der Waals surface area contributed by atoms with Crippen molar-refractivity contribution in [1.82, 2.24) is 4.90 Å². The zero-order chi connectivity index (χ0) is 13.5. The fourth-order valence-corrected chi connectivity index (χ4v) is 3.09. The highest BCUT2D eigenvalue weighted by Crippen LogP contribution is 2.41. The molecule has 102 valence electrons. The largest absolute Gasteiger partial charge is 0.480 e. The van der Waals surface area contributed by atoms with E-state index in [1.54, 1.807) is 20.8 Å². The molecule has 0 spiro atoms. The summed E-state index contributed by atoms with van der Waals surface area (Å²) in [6.07, 6.45) is 3.08. The average molecular weight is 255 g/mol. The Labute approximate surface area is 107 Å². The molecule has 1 saturated carbocycles. The van der Waals surface area contributed by atoms with E-state index in [1.165, 1.54) is 4.90 Å². The van der Waals surface area contributed by atoms with Gasteiger partial charge in [-0.1, -0.05) is 6.42 Å². The lowest BCUT2D eigenvalue weighted by atomic mass is 10.0. The third-order valence-corrected chi connectivity index (χ3v) is 3.73. The van der Waals surface area contributed by atoms with E-state index in [1.807, 2.05) is 0 Å². The summed E-state index contributed by atoms with van der Waals surface area (Å²) in [5, 5.41) is 9.24. The summed E-state index contributed by atoms with van der Waals surface area (Å²) in [4.78, 5) is 24.9. The topological polar surface area (TPSA) is 66.8 Å². The molecule has 1 saturated heterocycles. The van der Waals surface area contributed by atoms with Crippen LogP contribution in [0.1, 0.15) is 46.5 Å². The zero-order valence-corrected chi connectivity index (χ0v) is 11.2. The van der Waals surface area contributed by atoms with Crippen LogP contribution in [-0.4, -0.2) is 39.8 Å². The number of hydrogen-bond donors (Lipinski definition) is 1. The van der Waals surface area contributed by atoms with E-state index >= 15 is 0 Å². The van der Waals surface area contributed by atoms with E-state index in [0.29, 0.717) is 12.3 Å². The first-order chi connectivity index (χ1) is 8.29. The van der Waals surface area contributed by atoms with Gasteiger partial charge in [-0.05, 0) is 46.0 Å². The Kier molecular flexibility index (Phi) is 3.25. The van der Waals surface area contributed by atoms with Crippen LogP contribution >= 0.6 is 0 Å². The molecule has 2 aliphatic rings. The molecule has 5 heteroatoms. The SMILES string of the molecule is CC(C)(C)OC(=O)N1C(C(=O)O)CC2CCC[C@@H]21. The molecule has 1 aliphatic carbocycles. The van der Waals surface area contributed by atoms with Crippen LogP contribution in [0.2, 0.25) is 0 Å². The molecule has 0 aromatic rings. The Balaban J connectivity index is 2.16. The van der Waals surface area contributed by atoms with Gasteiger partial charge in [-0.15, -0.1) is 0 Å². The maximum Gasteiger partial charge on any atom is 0.411 e. The predicted molar refractivity (Wildman–Crippen MR) is 65.2 cm³/mol. The molecule has 5 nitrogen and oxygen atoms in total. The Morgan fingerprint density at radius 1 is 1.28 bits per heavy atom. The monoisotopic (exact) mass is 255 g/mol. The van der Waals surface area contributed by atoms with Crippen molar-refractivity contribution in [1.29, 1.82) is 0 Å². The summed E-state index contributed by atoms with van der Waals surface area (Å²) in [5.74, 6) is -0.589. The molecular weight excluding hydrogens is 234 g/mol. The molecule has 1 aliphatic heterocycles. The molecule has 0 aromatic heterocycles. The van der Waals surface area contributed by atoms with Gasteiger partial charge in [0.2, 0.25) is 0 Å². The van der Waals surface area contributed by atoms with Gasteiger partial charge in [-0.2, -0.15) is 0 Å². The number of carbonyl (C=O) groups excluding carboxylic acids is 1. The minimum Gasteiger partial charge on any atom is -0.480 e. The van der Waals surface area contributed by atoms with E-state index in [9.17, 15) is 14.7 Å². The van der Waals surface area contributed by atoms with Crippen molar-refractivity contribution in [2.75, 3.05) is 0 Å². The highest BCUT2D eigenvalue weighted by molar-refractivity contribution is 5.81. The number of likely N-dealkylation sites (tertiary alicyclic amines) is 1. The Hall–Kier alpha value is -1.26. The zero-order valence-electron chi connectivity index (χ0n) is 11.2. The Morgan fingerprint density at radius 3 is 2.50 bits per heavy atom. The Bertz CT molecular complexity index is 360. The quantitative estimate of drug-likeness (QED) is 0.780. The standard InChI is InChI=1S/C13H21NO4/c1-13(2,3)18-12(17)14-9-6-4-5-8(9)7-10(14)11(15)16/h8-10H,4-7H2,1-3H3,(H,15,16)/t8?,9-,10?/m0/s1. The summed E-state index contributed by atoms with van der Waals surface area (Å²) in [5.41, 5.74) is -0.586. The van der Waals surface area contributed by atoms with E-state index < -0.39 is 23.7 Å². The van der Waals surface area contributed by atoms with Crippen molar-refractivity contribution in [3.63, 3.8) is 0 Å². The second kappa shape index (κ2) is 4.44. The van der Waals surface area contributed by atoms with Crippen molar-refractivity contribution in [3.8, 4) is 0 Å². The number of nitrogens with zero attached hydrogens (tertiary/aromatic N) is 1. The number of rotatable bonds is 1. The fraction of sp³-hybridized carbons (Fsp3) is 0.846. The van der Waals surface area contributed by atoms with Crippen molar-refractivity contribution in [2.24, 2.45) is 5.92 Å². The number of aliphatic carboxylic acids is 1. The Morgan fingerprint density at radius 2 is 1.94 bits per heavy atom. The minimum absolute atomic E-state index is 0.0564. The number of carboxylic acid groups (broad SMARTS) is 1. The molecule has 1 amide bonds. The maximum absolute atomic E-state index is 12.2. The third-order valence-electron chi connectivity index (χ3n) is 3.73. The number of amides is 1. The van der Waals surface area contributed by atoms with Gasteiger partial charge in [0.1, 0.15) is 11.6 Å². The number of fused-ring (bicyclic) bond motifs is 1. The van der Waals surface area contributed by atoms with Gasteiger partial charge in [0.25, 0.3) is 0 Å². The van der Waals surface area contributed by atoms with Gasteiger partial charge in [0, 0.05) is 6.04 Å². The molecule has 0 bridgehead atoms. The van der Waals surface area contributed by atoms with Crippen LogP contribution in [0.25, 0.3) is 0 Å². The van der Waals surface area contributed by atoms with Crippen LogP contribution in [0.3, 0.4) is 0 Å². The van der Waals surface area contributed by atoms with Crippen LogP contribution in [0.4, 0.5) is 4.79 Å². The normalized spacial score (nSPS) is 31.3. The van der Waals surface area contributed by atoms with Crippen LogP contribution < -0.4 is 0 Å². The highest BCUT2D eigenvalue weighted by Gasteiger charge is 2.50. The molecule has 1 heterocycles. The van der Waals surface area contributed by atoms with E-state index in [0.717, 1.165) is 19.3 Å². The first kappa shape index (κ1) is 13.2. The lowest BCUT2D eigenvalue weighted by Crippen LogP contribution is -2.47. The summed E-state index contributed by atoms with van der Waals surface area (Å²) in [6, 6.07) is -0.656. The number of carbonyl (C=O) groups is 2. The molecular formula is C13H21NO4. The molecule has 2 rings (SSSR count). The van der Waals surface area contributed by atoms with Gasteiger partial charge in [-0.3, -0.25) is 4.90 Å². The van der Waals surface area contributed by atoms with Crippen molar-refractivity contribution in [2.45, 2.75) is 64.1 Å². The molecule has 2 fully saturated rings. The highest BCUT2D eigenvalue weighted by atomic mass is 16.6. The van der Waals surface area contributed by atoms with Crippen LogP contribution in [0, 0.1) is 5.92 Å². The molecule has 2 unspecified atom stereocenters. The van der Waals surface area contributed by atoms with E-state index in [2.05, 4.69) is 0 Å². The van der Waals surface area contributed by atoms with Crippen molar-refractivity contribution >= 4 is 12.1 Å². The molecule has 18 heavy (non-hydrogen) atoms. The van der Waals surface area contributed by atoms with Gasteiger partial charge in [0.15, 0.2) is 0 Å². The van der Waals surface area contributed by atoms with E-state index in [-0.39, 0.29) is 6.04 Å². The third kappa shape index (κ3) is 2.44. The number of carboxylic acids is 1. The molecule has 0 aromatic carbocycles. The molecule has 0 radical (unpaired) electrons. The van der Waals surface area contributed by atoms with Crippen LogP contribution in [-0.2, 0) is 9.53 Å². The molecule has 3 atom stereocenters. The number of hydrogen-bond acceptors (Lipinski definition) is 3. The van der Waals surface area contributed by atoms with Crippen molar-refractivity contribution < 1.29 is 19.4 Å². The van der Waals surface area contributed by atoms with Crippen molar-refractivity contribution in [3.05, 3.63) is 0 Å². The van der Waals surface area contributed by atoms with Gasteiger partial charge >= 0.3 is 12.1 Å². The first-order valence-corrected chi connectivity index (χ1v) is 6.54. The van der Waals surface area contributed by atoms with Gasteiger partial charge in [-0.25, -0.2) is 9.59 Å². The fourth-order valence-electron chi connectivity index (χ4n) is 3.09. The molecule has 1 N–H and O–H groups in total. The second-order valence-corrected chi connectivity index (χ2v) is 6.24. The minimum atomic E-state index is -0.921. The number of ether oxygens (including phenoxy) is 1. The van der Waals surface area contributed by atoms with Crippen LogP contribution in [0.5, 0.6) is 0 Å². The smallest absolute Gasteiger partial charge is 0.411 e. The lowest BCUT2D eigenvalue weighted by molar-refractivity contribution is -0.142. The predicted octanol–water partition coefficient (Wildman–Crippen LogP) is 2.25.